The molecule has 0 atom stereocenters. The van der Waals surface area contributed by atoms with Crippen molar-refractivity contribution in [1.29, 1.82) is 0 Å². The van der Waals surface area contributed by atoms with Crippen molar-refractivity contribution in [1.82, 2.24) is 20.2 Å². The number of thioether (sulfide) groups is 1. The molecule has 0 N–H and O–H groups in total. The maximum atomic E-state index is 3.87. The first-order chi connectivity index (χ1) is 5.38. The van der Waals surface area contributed by atoms with Gasteiger partial charge in [-0.3, -0.25) is 0 Å². The SMILES string of the molecule is CCn1nnnc1SCCBr. The molecule has 1 aromatic heterocycles. The first-order valence-corrected chi connectivity index (χ1v) is 5.44. The van der Waals surface area contributed by atoms with Gasteiger partial charge in [0.15, 0.2) is 0 Å². The van der Waals surface area contributed by atoms with E-state index in [2.05, 4.69) is 31.5 Å². The molecule has 62 valence electrons. The van der Waals surface area contributed by atoms with Gasteiger partial charge in [0.1, 0.15) is 0 Å². The highest BCUT2D eigenvalue weighted by atomic mass is 79.9. The molecule has 0 unspecified atom stereocenters. The Balaban J connectivity index is 2.54. The minimum atomic E-state index is 0.831. The minimum absolute atomic E-state index is 0.831. The predicted molar refractivity (Wildman–Crippen MR) is 48.0 cm³/mol. The van der Waals surface area contributed by atoms with Gasteiger partial charge in [-0.05, 0) is 17.4 Å². The fourth-order valence-corrected chi connectivity index (χ4v) is 1.78. The molecule has 1 heterocycles. The summed E-state index contributed by atoms with van der Waals surface area (Å²) in [6, 6.07) is 0. The highest BCUT2D eigenvalue weighted by Gasteiger charge is 2.02. The zero-order valence-corrected chi connectivity index (χ0v) is 8.60. The number of aromatic nitrogens is 4. The number of halogens is 1. The molecule has 0 amide bonds. The van der Waals surface area contributed by atoms with Gasteiger partial charge in [-0.15, -0.1) is 5.10 Å². The molecule has 6 heteroatoms. The van der Waals surface area contributed by atoms with Crippen LogP contribution in [0.15, 0.2) is 5.16 Å². The normalized spacial score (nSPS) is 10.4. The van der Waals surface area contributed by atoms with Gasteiger partial charge in [0.05, 0.1) is 0 Å². The number of hydrogen-bond acceptors (Lipinski definition) is 4. The molecule has 0 fully saturated rings. The summed E-state index contributed by atoms with van der Waals surface area (Å²) in [5, 5.41) is 13.1. The third kappa shape index (κ3) is 2.44. The summed E-state index contributed by atoms with van der Waals surface area (Å²) in [4.78, 5) is 0. The van der Waals surface area contributed by atoms with Gasteiger partial charge in [0.2, 0.25) is 5.16 Å². The zero-order valence-electron chi connectivity index (χ0n) is 6.20. The van der Waals surface area contributed by atoms with Crippen molar-refractivity contribution >= 4 is 27.7 Å². The second-order valence-corrected chi connectivity index (χ2v) is 3.67. The monoisotopic (exact) mass is 236 g/mol. The second-order valence-electron chi connectivity index (χ2n) is 1.81. The maximum Gasteiger partial charge on any atom is 0.209 e. The van der Waals surface area contributed by atoms with Crippen LogP contribution in [-0.2, 0) is 6.54 Å². The summed E-state index contributed by atoms with van der Waals surface area (Å²) in [6.45, 7) is 2.85. The van der Waals surface area contributed by atoms with Crippen molar-refractivity contribution in [2.45, 2.75) is 18.6 Å². The number of tetrazole rings is 1. The second kappa shape index (κ2) is 4.71. The van der Waals surface area contributed by atoms with Gasteiger partial charge < -0.3 is 0 Å². The summed E-state index contributed by atoms with van der Waals surface area (Å²) in [5.41, 5.74) is 0. The maximum absolute atomic E-state index is 3.87. The van der Waals surface area contributed by atoms with E-state index in [1.165, 1.54) is 0 Å². The van der Waals surface area contributed by atoms with Gasteiger partial charge in [0, 0.05) is 17.6 Å². The molecule has 0 saturated heterocycles. The zero-order chi connectivity index (χ0) is 8.10. The van der Waals surface area contributed by atoms with Crippen LogP contribution in [0.4, 0.5) is 0 Å². The summed E-state index contributed by atoms with van der Waals surface area (Å²) in [7, 11) is 0. The van der Waals surface area contributed by atoms with E-state index < -0.39 is 0 Å². The van der Waals surface area contributed by atoms with Gasteiger partial charge in [-0.1, -0.05) is 27.7 Å². The third-order valence-electron chi connectivity index (χ3n) is 1.11. The molecule has 0 aliphatic rings. The fourth-order valence-electron chi connectivity index (χ4n) is 0.628. The highest BCUT2D eigenvalue weighted by Crippen LogP contribution is 2.13. The van der Waals surface area contributed by atoms with Crippen molar-refractivity contribution in [2.24, 2.45) is 0 Å². The summed E-state index contributed by atoms with van der Waals surface area (Å²) in [5.74, 6) is 1.00. The minimum Gasteiger partial charge on any atom is -0.221 e. The highest BCUT2D eigenvalue weighted by molar-refractivity contribution is 9.09. The Labute approximate surface area is 77.9 Å². The molecular weight excluding hydrogens is 228 g/mol. The Hall–Kier alpha value is -0.100. The lowest BCUT2D eigenvalue weighted by Crippen LogP contribution is -1.99. The average Bonchev–Trinajstić information content (AvgIpc) is 2.47. The molecule has 0 bridgehead atoms. The van der Waals surface area contributed by atoms with Crippen LogP contribution in [0.1, 0.15) is 6.92 Å². The summed E-state index contributed by atoms with van der Waals surface area (Å²) >= 11 is 5.00. The van der Waals surface area contributed by atoms with Crippen LogP contribution in [0.25, 0.3) is 0 Å². The Bertz CT molecular complexity index is 214. The quantitative estimate of drug-likeness (QED) is 0.582. The van der Waals surface area contributed by atoms with E-state index in [-0.39, 0.29) is 0 Å². The Morgan fingerprint density at radius 3 is 3.09 bits per heavy atom. The van der Waals surface area contributed by atoms with Crippen LogP contribution in [0, 0.1) is 0 Å². The van der Waals surface area contributed by atoms with Gasteiger partial charge in [0.25, 0.3) is 0 Å². The molecule has 4 nitrogen and oxygen atoms in total. The van der Waals surface area contributed by atoms with E-state index in [1.54, 1.807) is 16.4 Å². The third-order valence-corrected chi connectivity index (χ3v) is 2.99. The largest absolute Gasteiger partial charge is 0.221 e. The molecule has 1 aromatic rings. The van der Waals surface area contributed by atoms with Gasteiger partial charge in [-0.25, -0.2) is 4.68 Å². The molecule has 0 aromatic carbocycles. The Kier molecular flexibility index (Phi) is 3.85. The number of alkyl halides is 1. The van der Waals surface area contributed by atoms with E-state index in [4.69, 9.17) is 0 Å². The van der Waals surface area contributed by atoms with E-state index >= 15 is 0 Å². The molecule has 0 aliphatic carbocycles. The van der Waals surface area contributed by atoms with Crippen LogP contribution in [0.2, 0.25) is 0 Å². The van der Waals surface area contributed by atoms with E-state index in [1.807, 2.05) is 6.92 Å². The number of hydrogen-bond donors (Lipinski definition) is 0. The van der Waals surface area contributed by atoms with Crippen molar-refractivity contribution < 1.29 is 0 Å². The number of nitrogens with zero attached hydrogens (tertiary/aromatic N) is 4. The number of rotatable bonds is 4. The summed E-state index contributed by atoms with van der Waals surface area (Å²) in [6.07, 6.45) is 0. The molecule has 0 saturated carbocycles. The smallest absolute Gasteiger partial charge is 0.209 e. The lowest BCUT2D eigenvalue weighted by atomic mass is 10.8. The lowest BCUT2D eigenvalue weighted by Gasteiger charge is -1.97. The Morgan fingerprint density at radius 1 is 1.64 bits per heavy atom. The standard InChI is InChI=1S/C5H9BrN4S/c1-2-10-5(7-8-9-10)11-4-3-6/h2-4H2,1H3. The van der Waals surface area contributed by atoms with Crippen LogP contribution < -0.4 is 0 Å². The fraction of sp³-hybridized carbons (Fsp3) is 0.800. The first-order valence-electron chi connectivity index (χ1n) is 3.33. The van der Waals surface area contributed by atoms with Crippen LogP contribution >= 0.6 is 27.7 Å². The van der Waals surface area contributed by atoms with Crippen molar-refractivity contribution in [3.8, 4) is 0 Å². The van der Waals surface area contributed by atoms with E-state index in [0.717, 1.165) is 22.8 Å². The molecule has 0 aliphatic heterocycles. The molecule has 11 heavy (non-hydrogen) atoms. The van der Waals surface area contributed by atoms with Crippen molar-refractivity contribution in [2.75, 3.05) is 11.1 Å². The lowest BCUT2D eigenvalue weighted by molar-refractivity contribution is 0.581. The van der Waals surface area contributed by atoms with Crippen LogP contribution in [0.5, 0.6) is 0 Å². The van der Waals surface area contributed by atoms with E-state index in [0.29, 0.717) is 0 Å². The average molecular weight is 237 g/mol. The van der Waals surface area contributed by atoms with Crippen LogP contribution in [0.3, 0.4) is 0 Å². The Morgan fingerprint density at radius 2 is 2.45 bits per heavy atom. The van der Waals surface area contributed by atoms with Crippen LogP contribution in [-0.4, -0.2) is 31.3 Å². The molecule has 0 radical (unpaired) electrons. The summed E-state index contributed by atoms with van der Waals surface area (Å²) < 4.78 is 1.79. The molecular formula is C5H9BrN4S. The molecule has 1 rings (SSSR count). The van der Waals surface area contributed by atoms with Crippen molar-refractivity contribution in [3.05, 3.63) is 0 Å². The first kappa shape index (κ1) is 8.99. The van der Waals surface area contributed by atoms with Gasteiger partial charge >= 0.3 is 0 Å². The predicted octanol–water partition coefficient (Wildman–Crippen LogP) is 1.18. The van der Waals surface area contributed by atoms with E-state index in [9.17, 15) is 0 Å². The topological polar surface area (TPSA) is 43.6 Å². The van der Waals surface area contributed by atoms with Gasteiger partial charge in [-0.2, -0.15) is 0 Å². The molecule has 0 spiro atoms. The number of aryl methyl sites for hydroxylation is 1. The van der Waals surface area contributed by atoms with Crippen molar-refractivity contribution in [3.63, 3.8) is 0 Å².